The van der Waals surface area contributed by atoms with Gasteiger partial charge in [-0.1, -0.05) is 0 Å². The van der Waals surface area contributed by atoms with Gasteiger partial charge in [0.2, 0.25) is 0 Å². The topological polar surface area (TPSA) is 61.6 Å². The molecular weight excluding hydrogens is 196 g/mol. The summed E-state index contributed by atoms with van der Waals surface area (Å²) in [6, 6.07) is 1.24. The molecule has 1 N–H and O–H groups in total. The van der Waals surface area contributed by atoms with Gasteiger partial charge < -0.3 is 4.90 Å². The van der Waals surface area contributed by atoms with Crippen LogP contribution in [0.15, 0.2) is 24.5 Å². The maximum absolute atomic E-state index is 11.4. The number of amides is 2. The summed E-state index contributed by atoms with van der Waals surface area (Å²) in [5.74, 6) is 0. The first kappa shape index (κ1) is 8.49. The molecule has 2 bridgehead atoms. The predicted molar refractivity (Wildman–Crippen MR) is 50.9 cm³/mol. The van der Waals surface area contributed by atoms with Crippen LogP contribution < -0.4 is 0 Å². The summed E-state index contributed by atoms with van der Waals surface area (Å²) in [5.41, 5.74) is 0.918. The third kappa shape index (κ3) is 1.15. The van der Waals surface area contributed by atoms with E-state index in [4.69, 9.17) is 0 Å². The summed E-state index contributed by atoms with van der Waals surface area (Å²) in [5, 5.41) is 14.3. The average Bonchev–Trinajstić information content (AvgIpc) is 2.84. The van der Waals surface area contributed by atoms with E-state index < -0.39 is 0 Å². The van der Waals surface area contributed by atoms with Crippen molar-refractivity contribution in [1.82, 2.24) is 19.7 Å². The average molecular weight is 206 g/mol. The van der Waals surface area contributed by atoms with Crippen molar-refractivity contribution in [1.29, 1.82) is 0 Å². The van der Waals surface area contributed by atoms with Crippen LogP contribution in [0.25, 0.3) is 5.70 Å². The standard InChI is InChI=1S/C9H10N4O2/c14-9-11-5-7(12-3-1-2-10-12)4-8(6-11)13(9)15/h1-4,8,15H,5-6H2. The zero-order chi connectivity index (χ0) is 10.4. The van der Waals surface area contributed by atoms with Crippen LogP contribution >= 0.6 is 0 Å². The van der Waals surface area contributed by atoms with Gasteiger partial charge in [-0.2, -0.15) is 10.2 Å². The number of urea groups is 1. The van der Waals surface area contributed by atoms with Crippen LogP contribution in [0, 0.1) is 0 Å². The van der Waals surface area contributed by atoms with Gasteiger partial charge in [-0.3, -0.25) is 5.21 Å². The van der Waals surface area contributed by atoms with Crippen molar-refractivity contribution < 1.29 is 10.0 Å². The molecule has 3 heterocycles. The quantitative estimate of drug-likeness (QED) is 0.669. The second kappa shape index (κ2) is 2.83. The van der Waals surface area contributed by atoms with E-state index in [0.29, 0.717) is 13.1 Å². The van der Waals surface area contributed by atoms with Gasteiger partial charge in [0, 0.05) is 18.9 Å². The van der Waals surface area contributed by atoms with E-state index in [1.54, 1.807) is 15.8 Å². The third-order valence-electron chi connectivity index (χ3n) is 2.72. The van der Waals surface area contributed by atoms with Gasteiger partial charge in [0.05, 0.1) is 18.3 Å². The molecular formula is C9H10N4O2. The largest absolute Gasteiger partial charge is 0.344 e. The number of nitrogens with zero attached hydrogens (tertiary/aromatic N) is 4. The van der Waals surface area contributed by atoms with Crippen LogP contribution in [0.4, 0.5) is 4.79 Å². The molecule has 6 heteroatoms. The molecule has 1 unspecified atom stereocenters. The molecule has 1 aromatic rings. The molecule has 0 spiro atoms. The maximum Gasteiger partial charge on any atom is 0.344 e. The Labute approximate surface area is 86.0 Å². The molecule has 1 saturated heterocycles. The Morgan fingerprint density at radius 1 is 1.53 bits per heavy atom. The lowest BCUT2D eigenvalue weighted by atomic mass is 10.2. The highest BCUT2D eigenvalue weighted by Crippen LogP contribution is 2.24. The van der Waals surface area contributed by atoms with Gasteiger partial charge in [-0.15, -0.1) is 0 Å². The SMILES string of the molecule is O=C1N2CC(n3cccn3)=CC(C2)N1O. The smallest absolute Gasteiger partial charge is 0.314 e. The second-order valence-electron chi connectivity index (χ2n) is 3.68. The predicted octanol–water partition coefficient (Wildman–Crippen LogP) is 0.233. The first-order chi connectivity index (χ1) is 7.25. The zero-order valence-electron chi connectivity index (χ0n) is 7.95. The van der Waals surface area contributed by atoms with Gasteiger partial charge in [-0.05, 0) is 12.1 Å². The molecule has 2 amide bonds. The van der Waals surface area contributed by atoms with Crippen LogP contribution in [0.5, 0.6) is 0 Å². The van der Waals surface area contributed by atoms with E-state index in [9.17, 15) is 10.0 Å². The molecule has 78 valence electrons. The molecule has 2 aliphatic rings. The number of rotatable bonds is 1. The van der Waals surface area contributed by atoms with Gasteiger partial charge in [0.25, 0.3) is 0 Å². The number of hydrogen-bond acceptors (Lipinski definition) is 3. The van der Waals surface area contributed by atoms with Crippen molar-refractivity contribution in [2.24, 2.45) is 0 Å². The first-order valence-corrected chi connectivity index (χ1v) is 4.73. The van der Waals surface area contributed by atoms with Crippen LogP contribution in [0.3, 0.4) is 0 Å². The Kier molecular flexibility index (Phi) is 1.60. The molecule has 2 aliphatic heterocycles. The van der Waals surface area contributed by atoms with Gasteiger partial charge in [0.1, 0.15) is 0 Å². The molecule has 3 rings (SSSR count). The molecule has 1 fully saturated rings. The van der Waals surface area contributed by atoms with E-state index >= 15 is 0 Å². The number of carbonyl (C=O) groups excluding carboxylic acids is 1. The number of hydrogen-bond donors (Lipinski definition) is 1. The van der Waals surface area contributed by atoms with E-state index in [0.717, 1.165) is 10.8 Å². The Morgan fingerprint density at radius 2 is 2.40 bits per heavy atom. The Bertz CT molecular complexity index is 425. The van der Waals surface area contributed by atoms with Crippen molar-refractivity contribution in [3.63, 3.8) is 0 Å². The Hall–Kier alpha value is -1.82. The molecule has 15 heavy (non-hydrogen) atoms. The lowest BCUT2D eigenvalue weighted by Crippen LogP contribution is -2.31. The summed E-state index contributed by atoms with van der Waals surface area (Å²) in [6.45, 7) is 1.05. The molecule has 0 saturated carbocycles. The van der Waals surface area contributed by atoms with Crippen molar-refractivity contribution in [2.45, 2.75) is 6.04 Å². The normalized spacial score (nSPS) is 24.7. The van der Waals surface area contributed by atoms with Gasteiger partial charge in [-0.25, -0.2) is 9.48 Å². The minimum atomic E-state index is -0.335. The van der Waals surface area contributed by atoms with Crippen molar-refractivity contribution in [2.75, 3.05) is 13.1 Å². The van der Waals surface area contributed by atoms with Crippen molar-refractivity contribution in [3.8, 4) is 0 Å². The molecule has 0 radical (unpaired) electrons. The minimum Gasteiger partial charge on any atom is -0.314 e. The van der Waals surface area contributed by atoms with Gasteiger partial charge in [0.15, 0.2) is 0 Å². The number of fused-ring (bicyclic) bond motifs is 2. The van der Waals surface area contributed by atoms with E-state index in [-0.39, 0.29) is 12.1 Å². The van der Waals surface area contributed by atoms with E-state index in [2.05, 4.69) is 5.10 Å². The molecule has 6 nitrogen and oxygen atoms in total. The third-order valence-corrected chi connectivity index (χ3v) is 2.72. The highest BCUT2D eigenvalue weighted by Gasteiger charge is 2.39. The summed E-state index contributed by atoms with van der Waals surface area (Å²) in [6.07, 6.45) is 5.38. The van der Waals surface area contributed by atoms with Crippen molar-refractivity contribution in [3.05, 3.63) is 24.5 Å². The first-order valence-electron chi connectivity index (χ1n) is 4.73. The number of carbonyl (C=O) groups is 1. The van der Waals surface area contributed by atoms with Crippen LogP contribution in [-0.4, -0.2) is 50.1 Å². The monoisotopic (exact) mass is 206 g/mol. The summed E-state index contributed by atoms with van der Waals surface area (Å²) < 4.78 is 1.71. The highest BCUT2D eigenvalue weighted by molar-refractivity contribution is 5.79. The summed E-state index contributed by atoms with van der Waals surface area (Å²) >= 11 is 0. The molecule has 1 atom stereocenters. The van der Waals surface area contributed by atoms with Crippen LogP contribution in [-0.2, 0) is 0 Å². The Balaban J connectivity index is 1.96. The summed E-state index contributed by atoms with van der Waals surface area (Å²) in [4.78, 5) is 13.0. The van der Waals surface area contributed by atoms with E-state index in [1.165, 1.54) is 0 Å². The summed E-state index contributed by atoms with van der Waals surface area (Å²) in [7, 11) is 0. The zero-order valence-corrected chi connectivity index (χ0v) is 7.95. The fourth-order valence-corrected chi connectivity index (χ4v) is 1.98. The lowest BCUT2D eigenvalue weighted by molar-refractivity contribution is -0.0450. The van der Waals surface area contributed by atoms with Gasteiger partial charge >= 0.3 is 6.03 Å². The van der Waals surface area contributed by atoms with Crippen LogP contribution in [0.1, 0.15) is 0 Å². The molecule has 0 aliphatic carbocycles. The lowest BCUT2D eigenvalue weighted by Gasteiger charge is -2.20. The van der Waals surface area contributed by atoms with E-state index in [1.807, 2.05) is 18.3 Å². The maximum atomic E-state index is 11.4. The van der Waals surface area contributed by atoms with Crippen molar-refractivity contribution >= 4 is 11.7 Å². The fraction of sp³-hybridized carbons (Fsp3) is 0.333. The highest BCUT2D eigenvalue weighted by atomic mass is 16.5. The fourth-order valence-electron chi connectivity index (χ4n) is 1.98. The molecule has 0 aromatic carbocycles. The Morgan fingerprint density at radius 3 is 3.07 bits per heavy atom. The second-order valence-corrected chi connectivity index (χ2v) is 3.68. The molecule has 1 aromatic heterocycles. The minimum absolute atomic E-state index is 0.245. The number of aromatic nitrogens is 2. The van der Waals surface area contributed by atoms with Crippen LogP contribution in [0.2, 0.25) is 0 Å². The number of hydroxylamine groups is 2.